The fourth-order valence-electron chi connectivity index (χ4n) is 2.43. The lowest BCUT2D eigenvalue weighted by Gasteiger charge is -2.05. The maximum atomic E-state index is 13.6. The van der Waals surface area contributed by atoms with E-state index in [1.807, 2.05) is 12.1 Å². The summed E-state index contributed by atoms with van der Waals surface area (Å²) in [5.74, 6) is -2.12. The summed E-state index contributed by atoms with van der Waals surface area (Å²) in [6.07, 6.45) is 2.51. The lowest BCUT2D eigenvalue weighted by molar-refractivity contribution is -0.111. The Balaban J connectivity index is 1.85. The van der Waals surface area contributed by atoms with Crippen molar-refractivity contribution in [2.75, 3.05) is 5.32 Å². The Bertz CT molecular complexity index is 1030. The first-order chi connectivity index (χ1) is 13.0. The SMILES string of the molecule is O=C(C=Cc1ccccc1F)Nc1csc(-c2ccc(Br)cc2)c1C(=O)O. The van der Waals surface area contributed by atoms with Gasteiger partial charge in [0.1, 0.15) is 11.4 Å². The van der Waals surface area contributed by atoms with Crippen molar-refractivity contribution in [1.82, 2.24) is 0 Å². The highest BCUT2D eigenvalue weighted by molar-refractivity contribution is 9.10. The molecule has 0 bridgehead atoms. The Morgan fingerprint density at radius 1 is 1.11 bits per heavy atom. The Hall–Kier alpha value is -2.77. The molecule has 0 aliphatic rings. The van der Waals surface area contributed by atoms with Crippen molar-refractivity contribution in [3.63, 3.8) is 0 Å². The molecule has 1 heterocycles. The summed E-state index contributed by atoms with van der Waals surface area (Å²) in [6.45, 7) is 0. The summed E-state index contributed by atoms with van der Waals surface area (Å²) in [4.78, 5) is 24.4. The predicted molar refractivity (Wildman–Crippen MR) is 108 cm³/mol. The molecule has 2 aromatic carbocycles. The van der Waals surface area contributed by atoms with Crippen LogP contribution in [-0.4, -0.2) is 17.0 Å². The maximum absolute atomic E-state index is 13.6. The number of carbonyl (C=O) groups excluding carboxylic acids is 1. The van der Waals surface area contributed by atoms with Gasteiger partial charge in [-0.25, -0.2) is 9.18 Å². The minimum absolute atomic E-state index is 0.0231. The van der Waals surface area contributed by atoms with Gasteiger partial charge in [0, 0.05) is 21.5 Å². The zero-order valence-corrected chi connectivity index (χ0v) is 16.2. The van der Waals surface area contributed by atoms with E-state index in [2.05, 4.69) is 21.2 Å². The number of hydrogen-bond acceptors (Lipinski definition) is 3. The monoisotopic (exact) mass is 445 g/mol. The molecule has 1 amide bonds. The van der Waals surface area contributed by atoms with Crippen molar-refractivity contribution < 1.29 is 19.1 Å². The van der Waals surface area contributed by atoms with E-state index >= 15 is 0 Å². The van der Waals surface area contributed by atoms with Gasteiger partial charge in [0.25, 0.3) is 0 Å². The third-order valence-electron chi connectivity index (χ3n) is 3.69. The average molecular weight is 446 g/mol. The highest BCUT2D eigenvalue weighted by Crippen LogP contribution is 2.36. The number of halogens is 2. The fourth-order valence-corrected chi connectivity index (χ4v) is 3.69. The van der Waals surface area contributed by atoms with Gasteiger partial charge in [-0.05, 0) is 29.8 Å². The number of carbonyl (C=O) groups is 2. The molecule has 7 heteroatoms. The number of rotatable bonds is 5. The van der Waals surface area contributed by atoms with Crippen LogP contribution in [0.5, 0.6) is 0 Å². The first-order valence-electron chi connectivity index (χ1n) is 7.80. The van der Waals surface area contributed by atoms with Crippen molar-refractivity contribution in [3.8, 4) is 10.4 Å². The van der Waals surface area contributed by atoms with Crippen molar-refractivity contribution >= 4 is 50.9 Å². The van der Waals surface area contributed by atoms with Gasteiger partial charge in [0.05, 0.1) is 10.6 Å². The van der Waals surface area contributed by atoms with E-state index in [1.54, 1.807) is 29.6 Å². The van der Waals surface area contributed by atoms with Crippen LogP contribution in [0.4, 0.5) is 10.1 Å². The normalized spacial score (nSPS) is 10.9. The highest BCUT2D eigenvalue weighted by atomic mass is 79.9. The van der Waals surface area contributed by atoms with Gasteiger partial charge in [-0.15, -0.1) is 11.3 Å². The summed E-state index contributed by atoms with van der Waals surface area (Å²) in [7, 11) is 0. The standard InChI is InChI=1S/C20H13BrFNO3S/c21-14-8-5-13(6-9-14)19-18(20(25)26)16(11-27-19)23-17(24)10-7-12-3-1-2-4-15(12)22/h1-11H,(H,23,24)(H,25,26). The topological polar surface area (TPSA) is 66.4 Å². The van der Waals surface area contributed by atoms with Crippen LogP contribution < -0.4 is 5.32 Å². The molecule has 0 saturated carbocycles. The van der Waals surface area contributed by atoms with E-state index in [9.17, 15) is 19.1 Å². The van der Waals surface area contributed by atoms with Gasteiger partial charge in [-0.3, -0.25) is 4.79 Å². The predicted octanol–water partition coefficient (Wildman–Crippen LogP) is 5.67. The van der Waals surface area contributed by atoms with Crippen LogP contribution in [-0.2, 0) is 4.79 Å². The molecule has 0 aliphatic carbocycles. The second-order valence-electron chi connectivity index (χ2n) is 5.51. The van der Waals surface area contributed by atoms with Crippen LogP contribution in [0.1, 0.15) is 15.9 Å². The Labute approximate surface area is 167 Å². The highest BCUT2D eigenvalue weighted by Gasteiger charge is 2.20. The quantitative estimate of drug-likeness (QED) is 0.497. The molecule has 4 nitrogen and oxygen atoms in total. The summed E-state index contributed by atoms with van der Waals surface area (Å²) in [5.41, 5.74) is 1.23. The molecular weight excluding hydrogens is 433 g/mol. The first-order valence-corrected chi connectivity index (χ1v) is 9.47. The number of anilines is 1. The largest absolute Gasteiger partial charge is 0.478 e. The summed E-state index contributed by atoms with van der Waals surface area (Å²) < 4.78 is 14.5. The number of benzene rings is 2. The summed E-state index contributed by atoms with van der Waals surface area (Å²) in [5, 5.41) is 13.7. The van der Waals surface area contributed by atoms with E-state index in [1.165, 1.54) is 35.6 Å². The van der Waals surface area contributed by atoms with E-state index in [-0.39, 0.29) is 16.8 Å². The summed E-state index contributed by atoms with van der Waals surface area (Å²) in [6, 6.07) is 13.3. The number of thiophene rings is 1. The molecule has 0 saturated heterocycles. The second kappa shape index (κ2) is 8.28. The molecule has 136 valence electrons. The van der Waals surface area contributed by atoms with E-state index in [0.29, 0.717) is 4.88 Å². The molecule has 0 spiro atoms. The fraction of sp³-hybridized carbons (Fsp3) is 0. The molecule has 0 atom stereocenters. The maximum Gasteiger partial charge on any atom is 0.339 e. The number of amides is 1. The van der Waals surface area contributed by atoms with Crippen LogP contribution in [0.15, 0.2) is 64.5 Å². The average Bonchev–Trinajstić information content (AvgIpc) is 3.05. The van der Waals surface area contributed by atoms with Crippen LogP contribution in [0.3, 0.4) is 0 Å². The first kappa shape index (κ1) is 19.0. The number of hydrogen-bond donors (Lipinski definition) is 2. The zero-order valence-electron chi connectivity index (χ0n) is 13.8. The van der Waals surface area contributed by atoms with Crippen molar-refractivity contribution in [3.05, 3.63) is 81.4 Å². The number of aromatic carboxylic acids is 1. The smallest absolute Gasteiger partial charge is 0.339 e. The summed E-state index contributed by atoms with van der Waals surface area (Å²) >= 11 is 4.57. The number of nitrogens with one attached hydrogen (secondary N) is 1. The van der Waals surface area contributed by atoms with Crippen LogP contribution >= 0.6 is 27.3 Å². The van der Waals surface area contributed by atoms with Crippen LogP contribution in [0, 0.1) is 5.82 Å². The van der Waals surface area contributed by atoms with Crippen molar-refractivity contribution in [2.45, 2.75) is 0 Å². The zero-order chi connectivity index (χ0) is 19.4. The van der Waals surface area contributed by atoms with Crippen LogP contribution in [0.25, 0.3) is 16.5 Å². The molecule has 0 radical (unpaired) electrons. The minimum atomic E-state index is -1.14. The molecule has 0 aliphatic heterocycles. The molecule has 2 N–H and O–H groups in total. The van der Waals surface area contributed by atoms with Crippen molar-refractivity contribution in [2.24, 2.45) is 0 Å². The molecule has 3 rings (SSSR count). The Morgan fingerprint density at radius 2 is 1.81 bits per heavy atom. The lowest BCUT2D eigenvalue weighted by atomic mass is 10.1. The van der Waals surface area contributed by atoms with Gasteiger partial charge < -0.3 is 10.4 Å². The van der Waals surface area contributed by atoms with Gasteiger partial charge in [0.2, 0.25) is 5.91 Å². The molecule has 0 unspecified atom stereocenters. The van der Waals surface area contributed by atoms with E-state index in [0.717, 1.165) is 10.0 Å². The van der Waals surface area contributed by atoms with E-state index < -0.39 is 17.7 Å². The molecule has 3 aromatic rings. The second-order valence-corrected chi connectivity index (χ2v) is 7.30. The lowest BCUT2D eigenvalue weighted by Crippen LogP contribution is -2.11. The molecular formula is C20H13BrFNO3S. The number of carboxylic acid groups (broad SMARTS) is 1. The molecule has 27 heavy (non-hydrogen) atoms. The Kier molecular flexibility index (Phi) is 5.83. The van der Waals surface area contributed by atoms with Gasteiger partial charge >= 0.3 is 5.97 Å². The number of carboxylic acids is 1. The Morgan fingerprint density at radius 3 is 2.48 bits per heavy atom. The van der Waals surface area contributed by atoms with Crippen LogP contribution in [0.2, 0.25) is 0 Å². The third-order valence-corrected chi connectivity index (χ3v) is 5.25. The van der Waals surface area contributed by atoms with E-state index in [4.69, 9.17) is 0 Å². The van der Waals surface area contributed by atoms with Crippen molar-refractivity contribution in [1.29, 1.82) is 0 Å². The molecule has 0 fully saturated rings. The van der Waals surface area contributed by atoms with Gasteiger partial charge in [-0.1, -0.05) is 46.3 Å². The molecule has 1 aromatic heterocycles. The third kappa shape index (κ3) is 4.50. The van der Waals surface area contributed by atoms with Gasteiger partial charge in [0.15, 0.2) is 0 Å². The minimum Gasteiger partial charge on any atom is -0.478 e. The van der Waals surface area contributed by atoms with Gasteiger partial charge in [-0.2, -0.15) is 0 Å².